The molecule has 0 spiro atoms. The van der Waals surface area contributed by atoms with Crippen LogP contribution >= 0.6 is 15.9 Å². The fourth-order valence-electron chi connectivity index (χ4n) is 1.20. The number of ether oxygens (including phenoxy) is 1. The zero-order valence-electron chi connectivity index (χ0n) is 9.76. The summed E-state index contributed by atoms with van der Waals surface area (Å²) in [6.45, 7) is -1.66. The zero-order chi connectivity index (χ0) is 14.5. The molecule has 0 heterocycles. The standard InChI is InChI=1S/C11H12BrF3N2O2/c12-8-2-1-7(16)5-9(8)17-10(18)3-4-19-6-11(13,14)15/h1-2,5H,3-4,6,16H2,(H,17,18). The summed E-state index contributed by atoms with van der Waals surface area (Å²) in [4.78, 5) is 11.5. The summed E-state index contributed by atoms with van der Waals surface area (Å²) < 4.78 is 40.3. The smallest absolute Gasteiger partial charge is 0.399 e. The quantitative estimate of drug-likeness (QED) is 0.639. The first-order valence-electron chi connectivity index (χ1n) is 5.27. The number of amides is 1. The van der Waals surface area contributed by atoms with Crippen LogP contribution in [0.25, 0.3) is 0 Å². The monoisotopic (exact) mass is 340 g/mol. The Kier molecular flexibility index (Phi) is 5.61. The van der Waals surface area contributed by atoms with E-state index in [1.165, 1.54) is 0 Å². The molecule has 3 N–H and O–H groups in total. The van der Waals surface area contributed by atoms with Crippen LogP contribution < -0.4 is 11.1 Å². The van der Waals surface area contributed by atoms with Crippen LogP contribution in [0.3, 0.4) is 0 Å². The van der Waals surface area contributed by atoms with Gasteiger partial charge in [-0.3, -0.25) is 4.79 Å². The molecular formula is C11H12BrF3N2O2. The van der Waals surface area contributed by atoms with Gasteiger partial charge in [-0.2, -0.15) is 13.2 Å². The third kappa shape index (κ3) is 6.44. The van der Waals surface area contributed by atoms with E-state index in [0.717, 1.165) is 0 Å². The number of benzene rings is 1. The number of hydrogen-bond donors (Lipinski definition) is 2. The largest absolute Gasteiger partial charge is 0.411 e. The SMILES string of the molecule is Nc1ccc(Br)c(NC(=O)CCOCC(F)(F)F)c1. The molecule has 0 aromatic heterocycles. The summed E-state index contributed by atoms with van der Waals surface area (Å²) in [6, 6.07) is 4.84. The average Bonchev–Trinajstić information content (AvgIpc) is 2.28. The van der Waals surface area contributed by atoms with Crippen LogP contribution in [0.2, 0.25) is 0 Å². The van der Waals surface area contributed by atoms with E-state index in [0.29, 0.717) is 15.8 Å². The van der Waals surface area contributed by atoms with Crippen molar-refractivity contribution in [3.05, 3.63) is 22.7 Å². The molecule has 1 aromatic rings. The molecule has 0 saturated carbocycles. The summed E-state index contributed by atoms with van der Waals surface area (Å²) in [7, 11) is 0. The number of nitrogen functional groups attached to an aromatic ring is 1. The second-order valence-electron chi connectivity index (χ2n) is 3.71. The molecule has 0 aliphatic heterocycles. The van der Waals surface area contributed by atoms with Gasteiger partial charge in [0.25, 0.3) is 0 Å². The molecule has 0 fully saturated rings. The minimum Gasteiger partial charge on any atom is -0.399 e. The highest BCUT2D eigenvalue weighted by molar-refractivity contribution is 9.10. The lowest BCUT2D eigenvalue weighted by atomic mass is 10.2. The summed E-state index contributed by atoms with van der Waals surface area (Å²) >= 11 is 3.22. The third-order valence-corrected chi connectivity index (χ3v) is 2.70. The van der Waals surface area contributed by atoms with Crippen LogP contribution in [0.5, 0.6) is 0 Å². The van der Waals surface area contributed by atoms with Gasteiger partial charge in [0.05, 0.1) is 18.7 Å². The predicted molar refractivity (Wildman–Crippen MR) is 68.7 cm³/mol. The average molecular weight is 341 g/mol. The van der Waals surface area contributed by atoms with Crippen molar-refractivity contribution in [2.45, 2.75) is 12.6 Å². The van der Waals surface area contributed by atoms with E-state index < -0.39 is 18.7 Å². The van der Waals surface area contributed by atoms with Crippen molar-refractivity contribution < 1.29 is 22.7 Å². The van der Waals surface area contributed by atoms with E-state index in [-0.39, 0.29) is 13.0 Å². The Balaban J connectivity index is 2.37. The van der Waals surface area contributed by atoms with E-state index in [9.17, 15) is 18.0 Å². The number of nitrogens with one attached hydrogen (secondary N) is 1. The van der Waals surface area contributed by atoms with Crippen LogP contribution in [0.1, 0.15) is 6.42 Å². The highest BCUT2D eigenvalue weighted by Gasteiger charge is 2.27. The summed E-state index contributed by atoms with van der Waals surface area (Å²) in [5, 5.41) is 2.52. The molecule has 4 nitrogen and oxygen atoms in total. The lowest BCUT2D eigenvalue weighted by Gasteiger charge is -2.09. The first kappa shape index (κ1) is 15.8. The Morgan fingerprint density at radius 2 is 2.11 bits per heavy atom. The maximum atomic E-state index is 11.8. The van der Waals surface area contributed by atoms with Gasteiger partial charge in [0.1, 0.15) is 6.61 Å². The fraction of sp³-hybridized carbons (Fsp3) is 0.364. The number of halogens is 4. The fourth-order valence-corrected chi connectivity index (χ4v) is 1.55. The van der Waals surface area contributed by atoms with E-state index in [2.05, 4.69) is 26.0 Å². The lowest BCUT2D eigenvalue weighted by Crippen LogP contribution is -2.20. The highest BCUT2D eigenvalue weighted by Crippen LogP contribution is 2.24. The molecule has 0 atom stereocenters. The Bertz CT molecular complexity index is 452. The predicted octanol–water partition coefficient (Wildman–Crippen LogP) is 2.94. The molecule has 106 valence electrons. The number of rotatable bonds is 5. The van der Waals surface area contributed by atoms with Gasteiger partial charge in [-0.15, -0.1) is 0 Å². The van der Waals surface area contributed by atoms with Crippen LogP contribution in [0.15, 0.2) is 22.7 Å². The first-order valence-corrected chi connectivity index (χ1v) is 6.06. The Morgan fingerprint density at radius 3 is 2.74 bits per heavy atom. The molecule has 19 heavy (non-hydrogen) atoms. The Hall–Kier alpha value is -1.28. The second kappa shape index (κ2) is 6.76. The number of nitrogens with two attached hydrogens (primary N) is 1. The van der Waals surface area contributed by atoms with Gasteiger partial charge in [0.2, 0.25) is 5.91 Å². The number of alkyl halides is 3. The number of carbonyl (C=O) groups excluding carboxylic acids is 1. The molecule has 0 radical (unpaired) electrons. The molecular weight excluding hydrogens is 329 g/mol. The van der Waals surface area contributed by atoms with Crippen molar-refractivity contribution in [2.75, 3.05) is 24.3 Å². The Morgan fingerprint density at radius 1 is 1.42 bits per heavy atom. The first-order chi connectivity index (χ1) is 8.78. The van der Waals surface area contributed by atoms with Gasteiger partial charge >= 0.3 is 6.18 Å². The van der Waals surface area contributed by atoms with Gasteiger partial charge in [-0.05, 0) is 34.1 Å². The van der Waals surface area contributed by atoms with Crippen molar-refractivity contribution in [2.24, 2.45) is 0 Å². The molecule has 1 amide bonds. The molecule has 1 rings (SSSR count). The van der Waals surface area contributed by atoms with Crippen molar-refractivity contribution >= 4 is 33.2 Å². The molecule has 0 saturated heterocycles. The normalized spacial score (nSPS) is 11.4. The molecule has 8 heteroatoms. The summed E-state index contributed by atoms with van der Waals surface area (Å²) in [5.74, 6) is -0.450. The van der Waals surface area contributed by atoms with E-state index >= 15 is 0 Å². The molecule has 0 aliphatic rings. The van der Waals surface area contributed by atoms with Gasteiger partial charge in [0.15, 0.2) is 0 Å². The maximum Gasteiger partial charge on any atom is 0.411 e. The molecule has 0 bridgehead atoms. The van der Waals surface area contributed by atoms with E-state index in [1.54, 1.807) is 18.2 Å². The molecule has 0 aliphatic carbocycles. The maximum absolute atomic E-state index is 11.8. The second-order valence-corrected chi connectivity index (χ2v) is 4.56. The van der Waals surface area contributed by atoms with Gasteiger partial charge in [0, 0.05) is 10.2 Å². The van der Waals surface area contributed by atoms with Gasteiger partial charge < -0.3 is 15.8 Å². The Labute approximate surface area is 116 Å². The minimum atomic E-state index is -4.38. The van der Waals surface area contributed by atoms with Crippen LogP contribution in [-0.4, -0.2) is 25.3 Å². The molecule has 0 unspecified atom stereocenters. The third-order valence-electron chi connectivity index (χ3n) is 2.00. The van der Waals surface area contributed by atoms with Crippen molar-refractivity contribution in [3.8, 4) is 0 Å². The van der Waals surface area contributed by atoms with Gasteiger partial charge in [-0.25, -0.2) is 0 Å². The zero-order valence-corrected chi connectivity index (χ0v) is 11.3. The molecule has 1 aromatic carbocycles. The van der Waals surface area contributed by atoms with E-state index in [4.69, 9.17) is 5.73 Å². The lowest BCUT2D eigenvalue weighted by molar-refractivity contribution is -0.174. The van der Waals surface area contributed by atoms with Crippen molar-refractivity contribution in [1.29, 1.82) is 0 Å². The topological polar surface area (TPSA) is 64.3 Å². The van der Waals surface area contributed by atoms with Crippen LogP contribution in [-0.2, 0) is 9.53 Å². The van der Waals surface area contributed by atoms with Crippen LogP contribution in [0, 0.1) is 0 Å². The summed E-state index contributed by atoms with van der Waals surface area (Å²) in [6.07, 6.45) is -4.55. The highest BCUT2D eigenvalue weighted by atomic mass is 79.9. The van der Waals surface area contributed by atoms with Crippen molar-refractivity contribution in [3.63, 3.8) is 0 Å². The summed E-state index contributed by atoms with van der Waals surface area (Å²) in [5.41, 5.74) is 6.47. The van der Waals surface area contributed by atoms with Gasteiger partial charge in [-0.1, -0.05) is 0 Å². The van der Waals surface area contributed by atoms with E-state index in [1.807, 2.05) is 0 Å². The number of hydrogen-bond acceptors (Lipinski definition) is 3. The minimum absolute atomic E-state index is 0.169. The van der Waals surface area contributed by atoms with Crippen molar-refractivity contribution in [1.82, 2.24) is 0 Å². The van der Waals surface area contributed by atoms with Crippen LogP contribution in [0.4, 0.5) is 24.5 Å². The number of anilines is 2. The number of carbonyl (C=O) groups is 1.